The van der Waals surface area contributed by atoms with Crippen molar-refractivity contribution >= 4 is 45.1 Å². The first-order chi connectivity index (χ1) is 16.8. The van der Waals surface area contributed by atoms with E-state index in [4.69, 9.17) is 16.6 Å². The first-order valence-corrected chi connectivity index (χ1v) is 13.1. The van der Waals surface area contributed by atoms with E-state index in [0.29, 0.717) is 30.1 Å². The van der Waals surface area contributed by atoms with Gasteiger partial charge >= 0.3 is 6.03 Å². The van der Waals surface area contributed by atoms with Crippen molar-refractivity contribution in [3.05, 3.63) is 45.6 Å². The van der Waals surface area contributed by atoms with Gasteiger partial charge in [-0.3, -0.25) is 14.6 Å². The summed E-state index contributed by atoms with van der Waals surface area (Å²) in [5.74, 6) is -0.188. The molecule has 2 aliphatic rings. The van der Waals surface area contributed by atoms with Crippen LogP contribution in [0.1, 0.15) is 29.9 Å². The van der Waals surface area contributed by atoms with E-state index in [9.17, 15) is 9.59 Å². The number of amides is 3. The number of carbonyl (C=O) groups excluding carboxylic acids is 2. The summed E-state index contributed by atoms with van der Waals surface area (Å²) in [6, 6.07) is 6.58. The van der Waals surface area contributed by atoms with Gasteiger partial charge in [-0.2, -0.15) is 0 Å². The summed E-state index contributed by atoms with van der Waals surface area (Å²) >= 11 is 8.15. The fraction of sp³-hybridized carbons (Fsp3) is 0.440. The number of fused-ring (bicyclic) bond motifs is 1. The molecule has 1 aromatic carbocycles. The fourth-order valence-electron chi connectivity index (χ4n) is 4.98. The number of thiophene rings is 1. The SMILES string of the molecule is Cc1cc(Cl)cc(-c2ncnc3cc(CCN4C(=O)CNC4=O)sc23)c1CN1[C@@H](C)CNC[C@@H]1C. The molecule has 184 valence electrons. The van der Waals surface area contributed by atoms with Crippen molar-refractivity contribution in [2.24, 2.45) is 0 Å². The molecule has 0 radical (unpaired) electrons. The number of aromatic nitrogens is 2. The lowest BCUT2D eigenvalue weighted by molar-refractivity contribution is -0.124. The maximum absolute atomic E-state index is 11.9. The summed E-state index contributed by atoms with van der Waals surface area (Å²) in [6.45, 7) is 9.80. The maximum Gasteiger partial charge on any atom is 0.324 e. The molecule has 2 atom stereocenters. The summed E-state index contributed by atoms with van der Waals surface area (Å²) < 4.78 is 0.990. The van der Waals surface area contributed by atoms with Crippen molar-refractivity contribution < 1.29 is 9.59 Å². The number of carbonyl (C=O) groups is 2. The van der Waals surface area contributed by atoms with Gasteiger partial charge in [0, 0.05) is 60.1 Å². The number of aryl methyl sites for hydroxylation is 1. The summed E-state index contributed by atoms with van der Waals surface area (Å²) in [5.41, 5.74) is 5.14. The zero-order valence-electron chi connectivity index (χ0n) is 20.1. The summed E-state index contributed by atoms with van der Waals surface area (Å²) in [5, 5.41) is 6.76. The minimum Gasteiger partial charge on any atom is -0.329 e. The van der Waals surface area contributed by atoms with Crippen molar-refractivity contribution in [2.45, 2.75) is 45.8 Å². The summed E-state index contributed by atoms with van der Waals surface area (Å²) in [6.07, 6.45) is 2.18. The molecule has 0 spiro atoms. The van der Waals surface area contributed by atoms with Gasteiger partial charge in [0.25, 0.3) is 0 Å². The Morgan fingerprint density at radius 2 is 1.91 bits per heavy atom. The van der Waals surface area contributed by atoms with Crippen LogP contribution in [0.25, 0.3) is 21.5 Å². The Kier molecular flexibility index (Phi) is 6.76. The smallest absolute Gasteiger partial charge is 0.324 e. The molecule has 0 saturated carbocycles. The zero-order valence-corrected chi connectivity index (χ0v) is 21.7. The molecule has 3 amide bonds. The van der Waals surface area contributed by atoms with Crippen LogP contribution in [0.15, 0.2) is 24.5 Å². The van der Waals surface area contributed by atoms with E-state index in [1.807, 2.05) is 18.2 Å². The standard InChI is InChI=1S/C25H29ClN6O2S/c1-14-6-17(26)7-19(20(14)12-32-15(2)9-27-10-16(32)3)23-24-21(29-13-30-23)8-18(35-24)4-5-31-22(33)11-28-25(31)34/h6-8,13,15-16,27H,4-5,9-12H2,1-3H3,(H,28,34)/t15-,16-/m0/s1. The van der Waals surface area contributed by atoms with E-state index in [1.165, 1.54) is 10.5 Å². The van der Waals surface area contributed by atoms with Gasteiger partial charge in [0.2, 0.25) is 5.91 Å². The van der Waals surface area contributed by atoms with Crippen LogP contribution >= 0.6 is 22.9 Å². The normalized spacial score (nSPS) is 21.2. The highest BCUT2D eigenvalue weighted by atomic mass is 35.5. The number of urea groups is 1. The Morgan fingerprint density at radius 1 is 1.14 bits per heavy atom. The van der Waals surface area contributed by atoms with Crippen LogP contribution in [0.3, 0.4) is 0 Å². The molecule has 10 heteroatoms. The van der Waals surface area contributed by atoms with Crippen molar-refractivity contribution in [1.29, 1.82) is 0 Å². The first-order valence-electron chi connectivity index (χ1n) is 11.9. The van der Waals surface area contributed by atoms with E-state index in [0.717, 1.165) is 51.5 Å². The van der Waals surface area contributed by atoms with E-state index < -0.39 is 0 Å². The summed E-state index contributed by atoms with van der Waals surface area (Å²) in [4.78, 5) is 37.9. The van der Waals surface area contributed by atoms with Gasteiger partial charge in [0.15, 0.2) is 0 Å². The largest absolute Gasteiger partial charge is 0.329 e. The highest BCUT2D eigenvalue weighted by molar-refractivity contribution is 7.19. The van der Waals surface area contributed by atoms with Gasteiger partial charge in [0.05, 0.1) is 22.5 Å². The van der Waals surface area contributed by atoms with Crippen LogP contribution in [-0.4, -0.2) is 70.0 Å². The van der Waals surface area contributed by atoms with Gasteiger partial charge in [-0.05, 0) is 50.1 Å². The Labute approximate surface area is 213 Å². The third-order valence-electron chi connectivity index (χ3n) is 6.93. The topological polar surface area (TPSA) is 90.5 Å². The van der Waals surface area contributed by atoms with Gasteiger partial charge < -0.3 is 10.6 Å². The molecule has 5 rings (SSSR count). The second kappa shape index (κ2) is 9.81. The molecular weight excluding hydrogens is 484 g/mol. The number of hydrogen-bond acceptors (Lipinski definition) is 7. The Morgan fingerprint density at radius 3 is 2.63 bits per heavy atom. The third-order valence-corrected chi connectivity index (χ3v) is 8.34. The van der Waals surface area contributed by atoms with Crippen LogP contribution in [0.5, 0.6) is 0 Å². The van der Waals surface area contributed by atoms with Crippen LogP contribution < -0.4 is 10.6 Å². The number of nitrogens with one attached hydrogen (secondary N) is 2. The molecule has 4 heterocycles. The molecule has 8 nitrogen and oxygen atoms in total. The molecule has 0 unspecified atom stereocenters. The lowest BCUT2D eigenvalue weighted by Gasteiger charge is -2.40. The van der Waals surface area contributed by atoms with Crippen LogP contribution in [0.2, 0.25) is 5.02 Å². The van der Waals surface area contributed by atoms with Crippen LogP contribution in [0.4, 0.5) is 4.79 Å². The molecular formula is C25H29ClN6O2S. The average molecular weight is 513 g/mol. The number of rotatable bonds is 6. The molecule has 2 aromatic heterocycles. The number of imide groups is 1. The van der Waals surface area contributed by atoms with Crippen molar-refractivity contribution in [2.75, 3.05) is 26.2 Å². The number of hydrogen-bond donors (Lipinski definition) is 2. The first kappa shape index (κ1) is 24.1. The number of halogens is 1. The molecule has 2 N–H and O–H groups in total. The van der Waals surface area contributed by atoms with E-state index in [1.54, 1.807) is 17.7 Å². The molecule has 2 aliphatic heterocycles. The minimum atomic E-state index is -0.327. The van der Waals surface area contributed by atoms with E-state index in [-0.39, 0.29) is 18.5 Å². The Hall–Kier alpha value is -2.59. The highest BCUT2D eigenvalue weighted by Gasteiger charge is 2.29. The molecule has 3 aromatic rings. The van der Waals surface area contributed by atoms with Gasteiger partial charge in [0.1, 0.15) is 6.33 Å². The monoisotopic (exact) mass is 512 g/mol. The van der Waals surface area contributed by atoms with Crippen LogP contribution in [-0.2, 0) is 17.8 Å². The Bertz CT molecular complexity index is 1270. The third kappa shape index (κ3) is 4.78. The predicted octanol–water partition coefficient (Wildman–Crippen LogP) is 3.60. The van der Waals surface area contributed by atoms with Gasteiger partial charge in [-0.1, -0.05) is 11.6 Å². The number of piperazine rings is 1. The van der Waals surface area contributed by atoms with Crippen LogP contribution in [0, 0.1) is 6.92 Å². The van der Waals surface area contributed by atoms with Crippen molar-refractivity contribution in [3.63, 3.8) is 0 Å². The van der Waals surface area contributed by atoms with Gasteiger partial charge in [-0.25, -0.2) is 14.8 Å². The number of benzene rings is 1. The highest BCUT2D eigenvalue weighted by Crippen LogP contribution is 2.37. The average Bonchev–Trinajstić information content (AvgIpc) is 3.38. The second-order valence-corrected chi connectivity index (χ2v) is 11.0. The number of nitrogens with zero attached hydrogens (tertiary/aromatic N) is 4. The van der Waals surface area contributed by atoms with Gasteiger partial charge in [-0.15, -0.1) is 11.3 Å². The summed E-state index contributed by atoms with van der Waals surface area (Å²) in [7, 11) is 0. The molecule has 0 bridgehead atoms. The van der Waals surface area contributed by atoms with Crippen molar-refractivity contribution in [1.82, 2.24) is 30.4 Å². The van der Waals surface area contributed by atoms with E-state index >= 15 is 0 Å². The van der Waals surface area contributed by atoms with Crippen molar-refractivity contribution in [3.8, 4) is 11.3 Å². The maximum atomic E-state index is 11.9. The zero-order chi connectivity index (χ0) is 24.7. The lowest BCUT2D eigenvalue weighted by Crippen LogP contribution is -2.54. The molecule has 2 saturated heterocycles. The predicted molar refractivity (Wildman–Crippen MR) is 139 cm³/mol. The minimum absolute atomic E-state index is 0.0715. The fourth-order valence-corrected chi connectivity index (χ4v) is 6.36. The Balaban J connectivity index is 1.50. The van der Waals surface area contributed by atoms with E-state index in [2.05, 4.69) is 41.3 Å². The quantitative estimate of drug-likeness (QED) is 0.490. The molecule has 35 heavy (non-hydrogen) atoms. The molecule has 2 fully saturated rings. The molecule has 0 aliphatic carbocycles. The lowest BCUT2D eigenvalue weighted by atomic mass is 9.96. The second-order valence-electron chi connectivity index (χ2n) is 9.38.